The summed E-state index contributed by atoms with van der Waals surface area (Å²) in [7, 11) is -4.13. The molecule has 4 aromatic rings. The zero-order chi connectivity index (χ0) is 27.6. The number of fused-ring (bicyclic) bond motifs is 2. The van der Waals surface area contributed by atoms with Crippen LogP contribution in [0.5, 0.6) is 5.75 Å². The van der Waals surface area contributed by atoms with Gasteiger partial charge in [-0.25, -0.2) is 0 Å². The molecule has 0 saturated carbocycles. The first-order valence-electron chi connectivity index (χ1n) is 12.4. The average Bonchev–Trinajstić information content (AvgIpc) is 2.92. The Balaban J connectivity index is 1.45. The number of nitrogens with zero attached hydrogens (tertiary/aromatic N) is 1. The lowest BCUT2D eigenvalue weighted by Crippen LogP contribution is -2.37. The van der Waals surface area contributed by atoms with Gasteiger partial charge in [0.25, 0.3) is 0 Å². The van der Waals surface area contributed by atoms with E-state index in [2.05, 4.69) is 0 Å². The van der Waals surface area contributed by atoms with Gasteiger partial charge in [0.15, 0.2) is 0 Å². The van der Waals surface area contributed by atoms with Crippen LogP contribution in [0.4, 0.5) is 0 Å². The number of rotatable bonds is 8. The van der Waals surface area contributed by atoms with E-state index in [1.807, 2.05) is 36.4 Å². The van der Waals surface area contributed by atoms with Gasteiger partial charge >= 0.3 is 16.1 Å². The maximum Gasteiger partial charge on any atom is 0.339 e. The fourth-order valence-corrected chi connectivity index (χ4v) is 7.61. The molecule has 4 aromatic carbocycles. The van der Waals surface area contributed by atoms with E-state index in [1.54, 1.807) is 43.3 Å². The normalized spacial score (nSPS) is 18.7. The lowest BCUT2D eigenvalue weighted by molar-refractivity contribution is -0.527. The minimum absolute atomic E-state index is 0.0549. The summed E-state index contributed by atoms with van der Waals surface area (Å²) in [4.78, 5) is 25.3. The molecule has 0 fully saturated rings. The van der Waals surface area contributed by atoms with Crippen LogP contribution in [0.25, 0.3) is 10.8 Å². The van der Waals surface area contributed by atoms with Crippen molar-refractivity contribution in [2.24, 2.45) is 0 Å². The van der Waals surface area contributed by atoms with Crippen LogP contribution in [-0.4, -0.2) is 32.0 Å². The Hall–Kier alpha value is -3.89. The van der Waals surface area contributed by atoms with E-state index in [9.17, 15) is 23.3 Å². The summed E-state index contributed by atoms with van der Waals surface area (Å²) in [6.07, 6.45) is -0.113. The molecule has 3 atom stereocenters. The van der Waals surface area contributed by atoms with Gasteiger partial charge in [0, 0.05) is 15.2 Å². The van der Waals surface area contributed by atoms with Crippen LogP contribution in [0, 0.1) is 10.1 Å². The first kappa shape index (κ1) is 26.7. The van der Waals surface area contributed by atoms with Crippen molar-refractivity contribution in [3.05, 3.63) is 112 Å². The highest BCUT2D eigenvalue weighted by Crippen LogP contribution is 2.52. The predicted octanol–water partition coefficient (Wildman–Crippen LogP) is 6.14. The molecule has 0 spiro atoms. The smallest absolute Gasteiger partial charge is 0.339 e. The van der Waals surface area contributed by atoms with E-state index in [4.69, 9.17) is 8.92 Å². The zero-order valence-corrected chi connectivity index (χ0v) is 22.6. The lowest BCUT2D eigenvalue weighted by Gasteiger charge is -2.33. The van der Waals surface area contributed by atoms with E-state index in [1.165, 1.54) is 30.0 Å². The second-order valence-electron chi connectivity index (χ2n) is 9.05. The summed E-state index contributed by atoms with van der Waals surface area (Å²) in [5, 5.41) is 13.1. The Morgan fingerprint density at radius 1 is 0.949 bits per heavy atom. The van der Waals surface area contributed by atoms with Gasteiger partial charge in [-0.3, -0.25) is 14.9 Å². The average molecular weight is 564 g/mol. The molecular weight excluding hydrogens is 538 g/mol. The minimum atomic E-state index is -4.13. The predicted molar refractivity (Wildman–Crippen MR) is 148 cm³/mol. The fraction of sp³-hybridized carbons (Fsp3) is 0.207. The number of ether oxygens (including phenoxy) is 1. The van der Waals surface area contributed by atoms with Crippen molar-refractivity contribution < 1.29 is 27.1 Å². The number of benzene rings is 4. The van der Waals surface area contributed by atoms with Crippen LogP contribution in [-0.2, 0) is 19.6 Å². The molecule has 0 aliphatic carbocycles. The van der Waals surface area contributed by atoms with Crippen molar-refractivity contribution in [1.29, 1.82) is 0 Å². The summed E-state index contributed by atoms with van der Waals surface area (Å²) >= 11 is 1.36. The third kappa shape index (κ3) is 5.48. The van der Waals surface area contributed by atoms with Crippen molar-refractivity contribution in [3.63, 3.8) is 0 Å². The molecule has 1 heterocycles. The summed E-state index contributed by atoms with van der Waals surface area (Å²) < 4.78 is 36.8. The Labute approximate surface area is 230 Å². The van der Waals surface area contributed by atoms with Gasteiger partial charge in [0.1, 0.15) is 15.9 Å². The number of hydrogen-bond donors (Lipinski definition) is 0. The molecule has 0 unspecified atom stereocenters. The fourth-order valence-electron chi connectivity index (χ4n) is 4.95. The highest BCUT2D eigenvalue weighted by atomic mass is 32.2. The lowest BCUT2D eigenvalue weighted by atomic mass is 9.84. The molecule has 1 aliphatic rings. The monoisotopic (exact) mass is 563 g/mol. The second-order valence-corrected chi connectivity index (χ2v) is 11.7. The van der Waals surface area contributed by atoms with Crippen LogP contribution in [0.1, 0.15) is 35.6 Å². The number of thioether (sulfide) groups is 1. The largest absolute Gasteiger partial charge is 0.466 e. The van der Waals surface area contributed by atoms with Gasteiger partial charge in [-0.2, -0.15) is 8.42 Å². The standard InChI is InChI=1S/C29H25NO7S2/c1-2-36-27(31)18-24-23-11-5-6-12-25(23)38-29(28(24)30(32)33)20-14-16-21(17-15-20)37-39(34,35)26-13-7-9-19-8-3-4-10-22(19)26/h3-17,24,28-29H,2,18H2,1H3/t24-,28-,29+/m0/s1. The Kier molecular flexibility index (Phi) is 7.58. The molecule has 0 radical (unpaired) electrons. The molecule has 10 heteroatoms. The van der Waals surface area contributed by atoms with Gasteiger partial charge in [0.05, 0.1) is 18.9 Å². The molecule has 5 rings (SSSR count). The zero-order valence-electron chi connectivity index (χ0n) is 20.9. The number of hydrogen-bond acceptors (Lipinski definition) is 8. The van der Waals surface area contributed by atoms with Gasteiger partial charge in [0.2, 0.25) is 6.04 Å². The molecule has 200 valence electrons. The number of carbonyl (C=O) groups is 1. The van der Waals surface area contributed by atoms with Crippen molar-refractivity contribution in [2.75, 3.05) is 6.61 Å². The molecular formula is C29H25NO7S2. The first-order chi connectivity index (χ1) is 18.8. The van der Waals surface area contributed by atoms with Crippen LogP contribution < -0.4 is 4.18 Å². The molecule has 8 nitrogen and oxygen atoms in total. The van der Waals surface area contributed by atoms with E-state index in [-0.39, 0.29) is 28.6 Å². The van der Waals surface area contributed by atoms with Crippen molar-refractivity contribution in [3.8, 4) is 5.75 Å². The maximum absolute atomic E-state index is 13.1. The van der Waals surface area contributed by atoms with Gasteiger partial charge < -0.3 is 8.92 Å². The van der Waals surface area contributed by atoms with E-state index < -0.39 is 33.3 Å². The number of nitro groups is 1. The SMILES string of the molecule is CCOC(=O)C[C@H]1c2ccccc2S[C@H](c2ccc(OS(=O)(=O)c3cccc4ccccc34)cc2)[C@H]1[N+](=O)[O-]. The van der Waals surface area contributed by atoms with Crippen LogP contribution in [0.3, 0.4) is 0 Å². The number of carbonyl (C=O) groups excluding carboxylic acids is 1. The van der Waals surface area contributed by atoms with Crippen molar-refractivity contribution in [2.45, 2.75) is 40.3 Å². The summed E-state index contributed by atoms with van der Waals surface area (Å²) in [5.41, 5.74) is 1.37. The summed E-state index contributed by atoms with van der Waals surface area (Å²) in [6.45, 7) is 1.89. The Bertz CT molecular complexity index is 1630. The Morgan fingerprint density at radius 2 is 1.64 bits per heavy atom. The second kappa shape index (κ2) is 11.1. The van der Waals surface area contributed by atoms with Crippen molar-refractivity contribution >= 4 is 38.6 Å². The maximum atomic E-state index is 13.1. The first-order valence-corrected chi connectivity index (χ1v) is 14.6. The summed E-state index contributed by atoms with van der Waals surface area (Å²) in [5.74, 6) is -1.07. The molecule has 0 N–H and O–H groups in total. The topological polar surface area (TPSA) is 113 Å². The third-order valence-corrected chi connectivity index (χ3v) is 9.40. The molecule has 1 aliphatic heterocycles. The van der Waals surface area contributed by atoms with Gasteiger partial charge in [-0.15, -0.1) is 11.8 Å². The van der Waals surface area contributed by atoms with Crippen molar-refractivity contribution in [1.82, 2.24) is 0 Å². The minimum Gasteiger partial charge on any atom is -0.466 e. The number of esters is 1. The van der Waals surface area contributed by atoms with E-state index in [0.29, 0.717) is 10.9 Å². The summed E-state index contributed by atoms with van der Waals surface area (Å²) in [6, 6.07) is 24.6. The quantitative estimate of drug-likeness (QED) is 0.109. The van der Waals surface area contributed by atoms with Crippen LogP contribution in [0.2, 0.25) is 0 Å². The molecule has 0 amide bonds. The molecule has 0 bridgehead atoms. The molecule has 0 aromatic heterocycles. The molecule has 0 saturated heterocycles. The highest BCUT2D eigenvalue weighted by Gasteiger charge is 2.47. The van der Waals surface area contributed by atoms with Gasteiger partial charge in [-0.1, -0.05) is 66.7 Å². The van der Waals surface area contributed by atoms with Gasteiger partial charge in [-0.05, 0) is 47.7 Å². The Morgan fingerprint density at radius 3 is 2.38 bits per heavy atom. The highest BCUT2D eigenvalue weighted by molar-refractivity contribution is 7.99. The van der Waals surface area contributed by atoms with E-state index >= 15 is 0 Å². The van der Waals surface area contributed by atoms with Crippen LogP contribution >= 0.6 is 11.8 Å². The molecule has 39 heavy (non-hydrogen) atoms. The van der Waals surface area contributed by atoms with E-state index in [0.717, 1.165) is 15.8 Å². The third-order valence-electron chi connectivity index (χ3n) is 6.66. The van der Waals surface area contributed by atoms with Crippen LogP contribution in [0.15, 0.2) is 101 Å².